The molecule has 5 heteroatoms. The molecule has 0 fully saturated rings. The van der Waals surface area contributed by atoms with Crippen molar-refractivity contribution < 1.29 is 4.92 Å². The van der Waals surface area contributed by atoms with Gasteiger partial charge in [-0.3, -0.25) is 10.1 Å². The molecule has 0 amide bonds. The molecule has 19 heavy (non-hydrogen) atoms. The number of H-pyrrole nitrogens is 1. The second-order valence-corrected chi connectivity index (χ2v) is 5.11. The molecule has 0 aliphatic heterocycles. The van der Waals surface area contributed by atoms with E-state index in [4.69, 9.17) is 0 Å². The van der Waals surface area contributed by atoms with Gasteiger partial charge in [0.2, 0.25) is 0 Å². The molecule has 0 saturated carbocycles. The van der Waals surface area contributed by atoms with Crippen LogP contribution in [-0.4, -0.2) is 9.91 Å². The molecular formula is C14H9BrN2O2. The summed E-state index contributed by atoms with van der Waals surface area (Å²) in [4.78, 5) is 13.8. The quantitative estimate of drug-likeness (QED) is 0.558. The molecule has 0 spiro atoms. The number of hydrogen-bond donors (Lipinski definition) is 1. The van der Waals surface area contributed by atoms with Gasteiger partial charge in [-0.25, -0.2) is 0 Å². The first kappa shape index (κ1) is 11.9. The molecule has 0 saturated heterocycles. The number of fused-ring (bicyclic) bond motifs is 1. The van der Waals surface area contributed by atoms with Crippen LogP contribution >= 0.6 is 15.9 Å². The summed E-state index contributed by atoms with van der Waals surface area (Å²) < 4.78 is 0.699. The van der Waals surface area contributed by atoms with E-state index in [0.717, 1.165) is 16.6 Å². The fourth-order valence-corrected chi connectivity index (χ4v) is 2.57. The Kier molecular flexibility index (Phi) is 2.83. The molecule has 1 aromatic heterocycles. The highest BCUT2D eigenvalue weighted by atomic mass is 79.9. The van der Waals surface area contributed by atoms with Gasteiger partial charge in [-0.1, -0.05) is 46.3 Å². The van der Waals surface area contributed by atoms with Crippen molar-refractivity contribution in [2.45, 2.75) is 0 Å². The smallest absolute Gasteiger partial charge is 0.294 e. The SMILES string of the molecule is O=[N+]([O-])c1cc(Br)cc2cc(-c3ccccc3)[nH]c12. The highest BCUT2D eigenvalue weighted by Crippen LogP contribution is 2.32. The molecule has 2 aromatic carbocycles. The molecule has 1 heterocycles. The number of nitro benzene ring substituents is 1. The standard InChI is InChI=1S/C14H9BrN2O2/c15-11-6-10-7-12(9-4-2-1-3-5-9)16-14(10)13(8-11)17(18)19/h1-8,16H. The number of non-ortho nitro benzene ring substituents is 1. The number of benzene rings is 2. The molecule has 0 aliphatic carbocycles. The summed E-state index contributed by atoms with van der Waals surface area (Å²) in [6.45, 7) is 0. The summed E-state index contributed by atoms with van der Waals surface area (Å²) in [5.74, 6) is 0. The van der Waals surface area contributed by atoms with Crippen LogP contribution in [0.15, 0.2) is 53.0 Å². The lowest BCUT2D eigenvalue weighted by Gasteiger charge is -1.96. The van der Waals surface area contributed by atoms with Gasteiger partial charge < -0.3 is 4.98 Å². The second kappa shape index (κ2) is 4.51. The Morgan fingerprint density at radius 3 is 2.53 bits per heavy atom. The van der Waals surface area contributed by atoms with Crippen molar-refractivity contribution >= 4 is 32.5 Å². The summed E-state index contributed by atoms with van der Waals surface area (Å²) in [6.07, 6.45) is 0. The van der Waals surface area contributed by atoms with Gasteiger partial charge in [0.25, 0.3) is 5.69 Å². The summed E-state index contributed by atoms with van der Waals surface area (Å²) in [7, 11) is 0. The minimum absolute atomic E-state index is 0.0755. The zero-order chi connectivity index (χ0) is 13.4. The van der Waals surface area contributed by atoms with Crippen LogP contribution in [0.5, 0.6) is 0 Å². The maximum absolute atomic E-state index is 11.1. The van der Waals surface area contributed by atoms with E-state index >= 15 is 0 Å². The third kappa shape index (κ3) is 2.13. The molecule has 3 aromatic rings. The number of aromatic amines is 1. The Bertz CT molecular complexity index is 766. The first-order chi connectivity index (χ1) is 9.15. The van der Waals surface area contributed by atoms with E-state index < -0.39 is 0 Å². The summed E-state index contributed by atoms with van der Waals surface area (Å²) >= 11 is 3.30. The molecule has 0 unspecified atom stereocenters. The number of nitrogens with zero attached hydrogens (tertiary/aromatic N) is 1. The Hall–Kier alpha value is -2.14. The fraction of sp³-hybridized carbons (Fsp3) is 0. The largest absolute Gasteiger partial charge is 0.349 e. The molecule has 94 valence electrons. The fourth-order valence-electron chi connectivity index (χ4n) is 2.11. The van der Waals surface area contributed by atoms with Crippen LogP contribution in [-0.2, 0) is 0 Å². The van der Waals surface area contributed by atoms with E-state index in [9.17, 15) is 10.1 Å². The molecule has 0 bridgehead atoms. The Morgan fingerprint density at radius 1 is 1.11 bits per heavy atom. The van der Waals surface area contributed by atoms with Crippen LogP contribution < -0.4 is 0 Å². The molecular weight excluding hydrogens is 308 g/mol. The number of hydrogen-bond acceptors (Lipinski definition) is 2. The van der Waals surface area contributed by atoms with Gasteiger partial charge in [0, 0.05) is 21.6 Å². The van der Waals surface area contributed by atoms with Gasteiger partial charge in [0.1, 0.15) is 5.52 Å². The van der Waals surface area contributed by atoms with Crippen LogP contribution in [0.4, 0.5) is 5.69 Å². The van der Waals surface area contributed by atoms with Gasteiger partial charge in [0.05, 0.1) is 4.92 Å². The number of rotatable bonds is 2. The van der Waals surface area contributed by atoms with Gasteiger partial charge in [0.15, 0.2) is 0 Å². The second-order valence-electron chi connectivity index (χ2n) is 4.20. The molecule has 0 atom stereocenters. The number of nitrogens with one attached hydrogen (secondary N) is 1. The molecule has 4 nitrogen and oxygen atoms in total. The van der Waals surface area contributed by atoms with Crippen molar-refractivity contribution in [3.8, 4) is 11.3 Å². The van der Waals surface area contributed by atoms with Gasteiger partial charge in [-0.2, -0.15) is 0 Å². The van der Waals surface area contributed by atoms with E-state index in [2.05, 4.69) is 20.9 Å². The van der Waals surface area contributed by atoms with Crippen molar-refractivity contribution in [1.82, 2.24) is 4.98 Å². The van der Waals surface area contributed by atoms with Gasteiger partial charge in [-0.05, 0) is 17.7 Å². The summed E-state index contributed by atoms with van der Waals surface area (Å²) in [5.41, 5.74) is 2.50. The van der Waals surface area contributed by atoms with Crippen LogP contribution in [0.25, 0.3) is 22.2 Å². The van der Waals surface area contributed by atoms with Gasteiger partial charge >= 0.3 is 0 Å². The van der Waals surface area contributed by atoms with Crippen molar-refractivity contribution in [1.29, 1.82) is 0 Å². The van der Waals surface area contributed by atoms with Crippen molar-refractivity contribution in [3.05, 3.63) is 63.1 Å². The predicted octanol–water partition coefficient (Wildman–Crippen LogP) is 4.51. The number of nitro groups is 1. The maximum atomic E-state index is 11.1. The Labute approximate surface area is 117 Å². The lowest BCUT2D eigenvalue weighted by Crippen LogP contribution is -1.89. The average molecular weight is 317 g/mol. The summed E-state index contributed by atoms with van der Waals surface area (Å²) in [6, 6.07) is 15.0. The van der Waals surface area contributed by atoms with E-state index in [1.54, 1.807) is 0 Å². The van der Waals surface area contributed by atoms with E-state index in [1.807, 2.05) is 42.5 Å². The zero-order valence-corrected chi connectivity index (χ0v) is 11.3. The molecule has 3 rings (SSSR count). The monoisotopic (exact) mass is 316 g/mol. The predicted molar refractivity (Wildman–Crippen MR) is 78.1 cm³/mol. The Morgan fingerprint density at radius 2 is 1.84 bits per heavy atom. The van der Waals surface area contributed by atoms with Gasteiger partial charge in [-0.15, -0.1) is 0 Å². The van der Waals surface area contributed by atoms with E-state index in [0.29, 0.717) is 9.99 Å². The highest BCUT2D eigenvalue weighted by Gasteiger charge is 2.16. The lowest BCUT2D eigenvalue weighted by molar-refractivity contribution is -0.383. The van der Waals surface area contributed by atoms with Crippen LogP contribution in [0.1, 0.15) is 0 Å². The topological polar surface area (TPSA) is 58.9 Å². The zero-order valence-electron chi connectivity index (χ0n) is 9.76. The first-order valence-corrected chi connectivity index (χ1v) is 6.46. The average Bonchev–Trinajstić information content (AvgIpc) is 2.82. The molecule has 0 radical (unpaired) electrons. The van der Waals surface area contributed by atoms with Crippen LogP contribution in [0, 0.1) is 10.1 Å². The third-order valence-corrected chi connectivity index (χ3v) is 3.41. The number of halogens is 1. The van der Waals surface area contributed by atoms with Crippen LogP contribution in [0.2, 0.25) is 0 Å². The molecule has 0 aliphatic rings. The van der Waals surface area contributed by atoms with Crippen molar-refractivity contribution in [3.63, 3.8) is 0 Å². The minimum atomic E-state index is -0.377. The maximum Gasteiger partial charge on any atom is 0.294 e. The van der Waals surface area contributed by atoms with E-state index in [1.165, 1.54) is 6.07 Å². The highest BCUT2D eigenvalue weighted by molar-refractivity contribution is 9.10. The lowest BCUT2D eigenvalue weighted by atomic mass is 10.1. The van der Waals surface area contributed by atoms with Crippen LogP contribution in [0.3, 0.4) is 0 Å². The van der Waals surface area contributed by atoms with E-state index in [-0.39, 0.29) is 10.6 Å². The molecule has 1 N–H and O–H groups in total. The van der Waals surface area contributed by atoms with Crippen molar-refractivity contribution in [2.24, 2.45) is 0 Å². The Balaban J connectivity index is 2.26. The number of aromatic nitrogens is 1. The third-order valence-electron chi connectivity index (χ3n) is 2.95. The van der Waals surface area contributed by atoms with Crippen molar-refractivity contribution in [2.75, 3.05) is 0 Å². The minimum Gasteiger partial charge on any atom is -0.349 e. The summed E-state index contributed by atoms with van der Waals surface area (Å²) in [5, 5.41) is 11.9. The normalized spacial score (nSPS) is 10.8. The first-order valence-electron chi connectivity index (χ1n) is 5.67.